The van der Waals surface area contributed by atoms with Gasteiger partial charge in [-0.05, 0) is 62.6 Å². The van der Waals surface area contributed by atoms with Crippen molar-refractivity contribution in [1.29, 1.82) is 0 Å². The van der Waals surface area contributed by atoms with Crippen LogP contribution in [0, 0.1) is 5.82 Å². The zero-order chi connectivity index (χ0) is 30.5. The zero-order valence-corrected chi connectivity index (χ0v) is 21.8. The molecule has 3 rings (SSSR count). The van der Waals surface area contributed by atoms with Crippen LogP contribution in [0.1, 0.15) is 31.4 Å². The number of anilines is 1. The molecule has 0 spiro atoms. The van der Waals surface area contributed by atoms with Crippen LogP contribution in [0.5, 0.6) is 0 Å². The second kappa shape index (κ2) is 10.5. The van der Waals surface area contributed by atoms with Crippen molar-refractivity contribution in [2.75, 3.05) is 10.8 Å². The molecule has 0 saturated heterocycles. The Hall–Kier alpha value is -2.95. The van der Waals surface area contributed by atoms with Gasteiger partial charge in [0.25, 0.3) is 15.6 Å². The molecule has 222 valence electrons. The molecule has 0 aromatic heterocycles. The Labute approximate surface area is 224 Å². The molecule has 0 saturated carbocycles. The Morgan fingerprint density at radius 3 is 2.10 bits per heavy atom. The summed E-state index contributed by atoms with van der Waals surface area (Å²) >= 11 is 0. The minimum absolute atomic E-state index is 0.189. The van der Waals surface area contributed by atoms with Crippen LogP contribution in [0.4, 0.5) is 36.4 Å². The highest BCUT2D eigenvalue weighted by Gasteiger charge is 2.71. The molecule has 40 heavy (non-hydrogen) atoms. The maximum Gasteiger partial charge on any atom is 0.430 e. The van der Waals surface area contributed by atoms with Crippen molar-refractivity contribution >= 4 is 21.6 Å². The van der Waals surface area contributed by atoms with Crippen LogP contribution in [-0.4, -0.2) is 61.1 Å². The number of benzene rings is 2. The minimum Gasteiger partial charge on any atom is -0.388 e. The standard InChI is InChI=1S/C24H26F7N3O5S/c1-21(2,36)19(32)20(35)33-12-16-7-3-13-11-14(22(37,23(26,27)28)24(29,30)31)4-10-18(13)34(16)40(38,39)17-8-5-15(25)6-9-17/h4-6,8-11,16,19,36-37H,3,7,12,32H2,1-2H3,(H,33,35)/t16-,19-/m0/s1. The SMILES string of the molecule is CC(C)(O)[C@@H](N)C(=O)NC[C@@H]1CCc2cc(C(O)(C(F)(F)F)C(F)(F)F)ccc2N1S(=O)(=O)c1ccc(F)cc1. The number of carbonyl (C=O) groups is 1. The average Bonchev–Trinajstić information content (AvgIpc) is 2.83. The molecule has 8 nitrogen and oxygen atoms in total. The Kier molecular flexibility index (Phi) is 8.26. The lowest BCUT2D eigenvalue weighted by molar-refractivity contribution is -0.376. The fourth-order valence-corrected chi connectivity index (χ4v) is 5.95. The summed E-state index contributed by atoms with van der Waals surface area (Å²) in [6, 6.07) is 2.43. The van der Waals surface area contributed by atoms with Crippen LogP contribution in [0.25, 0.3) is 0 Å². The normalized spacial score (nSPS) is 17.8. The summed E-state index contributed by atoms with van der Waals surface area (Å²) in [6.45, 7) is 2.12. The summed E-state index contributed by atoms with van der Waals surface area (Å²) in [7, 11) is -4.62. The maximum atomic E-state index is 13.6. The first kappa shape index (κ1) is 31.6. The number of carbonyl (C=O) groups excluding carboxylic acids is 1. The number of sulfonamides is 1. The van der Waals surface area contributed by atoms with E-state index in [1.807, 2.05) is 0 Å². The van der Waals surface area contributed by atoms with Crippen molar-refractivity contribution < 1.29 is 54.2 Å². The van der Waals surface area contributed by atoms with Gasteiger partial charge in [-0.1, -0.05) is 12.1 Å². The van der Waals surface area contributed by atoms with E-state index in [0.717, 1.165) is 24.3 Å². The molecule has 2 aromatic carbocycles. The maximum absolute atomic E-state index is 13.6. The molecule has 0 unspecified atom stereocenters. The molecule has 1 heterocycles. The fraction of sp³-hybridized carbons (Fsp3) is 0.458. The number of hydrogen-bond acceptors (Lipinski definition) is 6. The van der Waals surface area contributed by atoms with Crippen molar-refractivity contribution in [3.05, 3.63) is 59.4 Å². The lowest BCUT2D eigenvalue weighted by atomic mass is 9.88. The number of fused-ring (bicyclic) bond motifs is 1. The van der Waals surface area contributed by atoms with E-state index in [1.165, 1.54) is 13.8 Å². The molecule has 2 atom stereocenters. The third-order valence-corrected chi connectivity index (χ3v) is 8.44. The summed E-state index contributed by atoms with van der Waals surface area (Å²) in [5.74, 6) is -1.63. The zero-order valence-electron chi connectivity index (χ0n) is 21.0. The van der Waals surface area contributed by atoms with Crippen molar-refractivity contribution in [2.24, 2.45) is 5.73 Å². The number of rotatable bonds is 7. The predicted octanol–water partition coefficient (Wildman–Crippen LogP) is 2.86. The number of aryl methyl sites for hydroxylation is 1. The van der Waals surface area contributed by atoms with Crippen LogP contribution >= 0.6 is 0 Å². The summed E-state index contributed by atoms with van der Waals surface area (Å²) in [5, 5.41) is 22.2. The number of nitrogens with two attached hydrogens (primary N) is 1. The van der Waals surface area contributed by atoms with Crippen LogP contribution in [0.3, 0.4) is 0 Å². The van der Waals surface area contributed by atoms with Crippen LogP contribution in [0.2, 0.25) is 0 Å². The first-order chi connectivity index (χ1) is 18.1. The van der Waals surface area contributed by atoms with Gasteiger partial charge in [-0.25, -0.2) is 12.8 Å². The van der Waals surface area contributed by atoms with Gasteiger partial charge in [0.15, 0.2) is 0 Å². The minimum atomic E-state index is -6.15. The van der Waals surface area contributed by atoms with E-state index in [-0.39, 0.29) is 24.1 Å². The monoisotopic (exact) mass is 601 g/mol. The van der Waals surface area contributed by atoms with Crippen molar-refractivity contribution in [1.82, 2.24) is 5.32 Å². The lowest BCUT2D eigenvalue weighted by Gasteiger charge is -2.39. The Bertz CT molecular complexity index is 1340. The smallest absolute Gasteiger partial charge is 0.388 e. The van der Waals surface area contributed by atoms with E-state index >= 15 is 0 Å². The molecule has 0 aliphatic carbocycles. The van der Waals surface area contributed by atoms with Gasteiger partial charge < -0.3 is 21.3 Å². The molecule has 2 aromatic rings. The predicted molar refractivity (Wildman–Crippen MR) is 128 cm³/mol. The lowest BCUT2D eigenvalue weighted by Crippen LogP contribution is -2.56. The molecule has 0 fully saturated rings. The third-order valence-electron chi connectivity index (χ3n) is 6.56. The van der Waals surface area contributed by atoms with Gasteiger partial charge >= 0.3 is 12.4 Å². The van der Waals surface area contributed by atoms with Crippen LogP contribution in [-0.2, 0) is 26.8 Å². The first-order valence-electron chi connectivity index (χ1n) is 11.7. The Balaban J connectivity index is 2.11. The largest absolute Gasteiger partial charge is 0.430 e. The summed E-state index contributed by atoms with van der Waals surface area (Å²) in [6.07, 6.45) is -12.7. The second-order valence-corrected chi connectivity index (χ2v) is 11.7. The topological polar surface area (TPSA) is 133 Å². The Morgan fingerprint density at radius 1 is 1.05 bits per heavy atom. The van der Waals surface area contributed by atoms with E-state index < -0.39 is 74.4 Å². The number of nitrogens with one attached hydrogen (secondary N) is 1. The first-order valence-corrected chi connectivity index (χ1v) is 13.1. The highest BCUT2D eigenvalue weighted by Crippen LogP contribution is 2.51. The fourth-order valence-electron chi connectivity index (χ4n) is 4.23. The van der Waals surface area contributed by atoms with E-state index in [1.54, 1.807) is 0 Å². The number of halogens is 7. The van der Waals surface area contributed by atoms with Gasteiger partial charge in [-0.2, -0.15) is 26.3 Å². The summed E-state index contributed by atoms with van der Waals surface area (Å²) in [5.41, 5.74) is -3.30. The quantitative estimate of drug-likeness (QED) is 0.361. The van der Waals surface area contributed by atoms with E-state index in [4.69, 9.17) is 5.73 Å². The van der Waals surface area contributed by atoms with Crippen molar-refractivity contribution in [3.8, 4) is 0 Å². The van der Waals surface area contributed by atoms with E-state index in [9.17, 15) is 54.2 Å². The van der Waals surface area contributed by atoms with Gasteiger partial charge in [-0.15, -0.1) is 0 Å². The molecule has 1 aliphatic heterocycles. The average molecular weight is 602 g/mol. The van der Waals surface area contributed by atoms with Gasteiger partial charge in [0, 0.05) is 12.1 Å². The van der Waals surface area contributed by atoms with Gasteiger partial charge in [-0.3, -0.25) is 9.10 Å². The van der Waals surface area contributed by atoms with Gasteiger partial charge in [0.05, 0.1) is 22.2 Å². The summed E-state index contributed by atoms with van der Waals surface area (Å²) in [4.78, 5) is 12.0. The molecule has 0 radical (unpaired) electrons. The molecule has 16 heteroatoms. The molecule has 1 aliphatic rings. The molecular formula is C24H26F7N3O5S. The molecular weight excluding hydrogens is 575 g/mol. The molecule has 0 bridgehead atoms. The molecule has 1 amide bonds. The number of nitrogens with zero attached hydrogens (tertiary/aromatic N) is 1. The van der Waals surface area contributed by atoms with Crippen molar-refractivity contribution in [2.45, 2.75) is 67.2 Å². The number of alkyl halides is 6. The Morgan fingerprint density at radius 2 is 1.60 bits per heavy atom. The van der Waals surface area contributed by atoms with Gasteiger partial charge in [0.2, 0.25) is 5.91 Å². The van der Waals surface area contributed by atoms with Crippen LogP contribution < -0.4 is 15.4 Å². The van der Waals surface area contributed by atoms with Gasteiger partial charge in [0.1, 0.15) is 11.9 Å². The highest BCUT2D eigenvalue weighted by atomic mass is 32.2. The summed E-state index contributed by atoms with van der Waals surface area (Å²) < 4.78 is 122. The third kappa shape index (κ3) is 5.75. The number of aliphatic hydroxyl groups is 2. The van der Waals surface area contributed by atoms with Crippen LogP contribution in [0.15, 0.2) is 47.4 Å². The van der Waals surface area contributed by atoms with E-state index in [0.29, 0.717) is 22.5 Å². The highest BCUT2D eigenvalue weighted by molar-refractivity contribution is 7.92. The van der Waals surface area contributed by atoms with Crippen molar-refractivity contribution in [3.63, 3.8) is 0 Å². The van der Waals surface area contributed by atoms with E-state index in [2.05, 4.69) is 5.32 Å². The number of amides is 1. The molecule has 5 N–H and O–H groups in total. The second-order valence-electron chi connectivity index (χ2n) is 9.87. The number of hydrogen-bond donors (Lipinski definition) is 4.